The van der Waals surface area contributed by atoms with Crippen LogP contribution in [0.5, 0.6) is 0 Å². The highest BCUT2D eigenvalue weighted by Gasteiger charge is 2.11. The lowest BCUT2D eigenvalue weighted by molar-refractivity contribution is 0.0696. The Bertz CT molecular complexity index is 1400. The van der Waals surface area contributed by atoms with Gasteiger partial charge in [0, 0.05) is 46.7 Å². The maximum Gasteiger partial charge on any atom is 0.335 e. The number of pyridine rings is 2. The number of nitrogens with zero attached hydrogens (tertiary/aromatic N) is 4. The van der Waals surface area contributed by atoms with E-state index in [0.29, 0.717) is 17.3 Å². The molecular weight excluding hydrogens is 482 g/mol. The molecule has 0 bridgehead atoms. The average molecular weight is 504 g/mol. The first-order valence-electron chi connectivity index (χ1n) is 10.5. The van der Waals surface area contributed by atoms with E-state index < -0.39 is 5.97 Å². The largest absolute Gasteiger partial charge is 0.478 e. The number of benzene rings is 1. The highest BCUT2D eigenvalue weighted by Crippen LogP contribution is 2.24. The van der Waals surface area contributed by atoms with Gasteiger partial charge in [-0.3, -0.25) is 9.97 Å². The van der Waals surface area contributed by atoms with Crippen molar-refractivity contribution in [3.05, 3.63) is 70.1 Å². The van der Waals surface area contributed by atoms with E-state index in [-0.39, 0.29) is 5.56 Å². The number of halogens is 1. The quantitative estimate of drug-likeness (QED) is 0.281. The average Bonchev–Trinajstić information content (AvgIpc) is 3.10. The van der Waals surface area contributed by atoms with E-state index >= 15 is 0 Å². The van der Waals surface area contributed by atoms with Crippen molar-refractivity contribution in [1.29, 1.82) is 0 Å². The first-order chi connectivity index (χ1) is 15.9. The fourth-order valence-electron chi connectivity index (χ4n) is 3.63. The molecule has 166 valence electrons. The fraction of sp³-hybridized carbons (Fsp3) is 0.200. The summed E-state index contributed by atoms with van der Waals surface area (Å²) >= 11 is 3.50. The van der Waals surface area contributed by atoms with E-state index in [4.69, 9.17) is 5.73 Å². The van der Waals surface area contributed by atoms with E-state index in [2.05, 4.69) is 42.7 Å². The van der Waals surface area contributed by atoms with Crippen LogP contribution in [0.2, 0.25) is 0 Å². The molecule has 8 heteroatoms. The number of carboxylic acids is 1. The molecule has 0 aliphatic heterocycles. The standard InChI is InChI=1S/C25H22BrN5O2/c1-16-12-18(24(32)33)13-22(29-16)20-15-28-10-9-17(20)6-4-2-3-5-11-31-23-14-19(26)7-8-21(23)30-25(31)27/h7-10,12-15H,2-3,5,11H2,1H3,(H2,27,30)(H,32,33). The Balaban J connectivity index is 1.43. The topological polar surface area (TPSA) is 107 Å². The molecule has 0 aliphatic carbocycles. The lowest BCUT2D eigenvalue weighted by atomic mass is 10.0. The number of unbranched alkanes of at least 4 members (excludes halogenated alkanes) is 2. The van der Waals surface area contributed by atoms with E-state index in [1.165, 1.54) is 0 Å². The Morgan fingerprint density at radius 1 is 1.18 bits per heavy atom. The summed E-state index contributed by atoms with van der Waals surface area (Å²) in [5, 5.41) is 9.34. The molecule has 0 aliphatic rings. The maximum absolute atomic E-state index is 11.4. The number of nitrogens with two attached hydrogens (primary N) is 1. The molecule has 3 heterocycles. The number of aromatic carboxylic acids is 1. The Morgan fingerprint density at radius 2 is 2.03 bits per heavy atom. The summed E-state index contributed by atoms with van der Waals surface area (Å²) in [6.07, 6.45) is 5.89. The molecule has 0 radical (unpaired) electrons. The van der Waals surface area contributed by atoms with Gasteiger partial charge in [0.1, 0.15) is 0 Å². The predicted octanol–water partition coefficient (Wildman–Crippen LogP) is 5.07. The lowest BCUT2D eigenvalue weighted by Crippen LogP contribution is -2.03. The lowest BCUT2D eigenvalue weighted by Gasteiger charge is -2.06. The first-order valence-corrected chi connectivity index (χ1v) is 11.3. The van der Waals surface area contributed by atoms with Crippen molar-refractivity contribution in [2.24, 2.45) is 0 Å². The number of hydrogen-bond donors (Lipinski definition) is 2. The fourth-order valence-corrected chi connectivity index (χ4v) is 3.98. The third-order valence-corrected chi connectivity index (χ3v) is 5.69. The highest BCUT2D eigenvalue weighted by atomic mass is 79.9. The van der Waals surface area contributed by atoms with Crippen LogP contribution in [0.15, 0.2) is 53.3 Å². The number of carboxylic acid groups (broad SMARTS) is 1. The predicted molar refractivity (Wildman–Crippen MR) is 132 cm³/mol. The van der Waals surface area contributed by atoms with Crippen LogP contribution in [-0.4, -0.2) is 30.6 Å². The number of hydrogen-bond acceptors (Lipinski definition) is 5. The van der Waals surface area contributed by atoms with E-state index in [0.717, 1.165) is 52.4 Å². The highest BCUT2D eigenvalue weighted by molar-refractivity contribution is 9.10. The minimum atomic E-state index is -0.989. The minimum absolute atomic E-state index is 0.193. The first kappa shape index (κ1) is 22.5. The smallest absolute Gasteiger partial charge is 0.335 e. The van der Waals surface area contributed by atoms with Gasteiger partial charge < -0.3 is 15.4 Å². The molecule has 0 amide bonds. The van der Waals surface area contributed by atoms with Gasteiger partial charge in [-0.2, -0.15) is 0 Å². The number of aromatic nitrogens is 4. The SMILES string of the molecule is Cc1cc(C(=O)O)cc(-c2cnccc2C#CCCCCn2c(N)nc3ccc(Br)cc32)n1. The van der Waals surface area contributed by atoms with Crippen LogP contribution in [0.25, 0.3) is 22.3 Å². The Kier molecular flexibility index (Phi) is 6.71. The van der Waals surface area contributed by atoms with Gasteiger partial charge in [-0.25, -0.2) is 9.78 Å². The number of rotatable bonds is 6. The number of anilines is 1. The van der Waals surface area contributed by atoms with Gasteiger partial charge in [0.05, 0.1) is 22.3 Å². The van der Waals surface area contributed by atoms with Crippen molar-refractivity contribution in [3.63, 3.8) is 0 Å². The van der Waals surface area contributed by atoms with Gasteiger partial charge in [0.15, 0.2) is 0 Å². The van der Waals surface area contributed by atoms with Gasteiger partial charge in [-0.1, -0.05) is 27.8 Å². The molecule has 0 saturated carbocycles. The number of aryl methyl sites for hydroxylation is 2. The third-order valence-electron chi connectivity index (χ3n) is 5.19. The Labute approximate surface area is 199 Å². The monoisotopic (exact) mass is 503 g/mol. The van der Waals surface area contributed by atoms with Gasteiger partial charge in [0.25, 0.3) is 0 Å². The molecule has 3 aromatic heterocycles. The summed E-state index contributed by atoms with van der Waals surface area (Å²) in [6, 6.07) is 10.9. The maximum atomic E-state index is 11.4. The second-order valence-corrected chi connectivity index (χ2v) is 8.54. The summed E-state index contributed by atoms with van der Waals surface area (Å²) in [5.74, 6) is 5.94. The second kappa shape index (κ2) is 9.84. The summed E-state index contributed by atoms with van der Waals surface area (Å²) in [4.78, 5) is 24.5. The molecule has 0 fully saturated rings. The molecule has 3 N–H and O–H groups in total. The number of fused-ring (bicyclic) bond motifs is 1. The minimum Gasteiger partial charge on any atom is -0.478 e. The van der Waals surface area contributed by atoms with Gasteiger partial charge in [-0.05, 0) is 56.2 Å². The Morgan fingerprint density at radius 3 is 2.85 bits per heavy atom. The molecule has 0 saturated heterocycles. The zero-order chi connectivity index (χ0) is 23.4. The molecule has 4 aromatic rings. The van der Waals surface area contributed by atoms with Gasteiger partial charge in [0.2, 0.25) is 5.95 Å². The zero-order valence-electron chi connectivity index (χ0n) is 18.0. The summed E-state index contributed by atoms with van der Waals surface area (Å²) < 4.78 is 3.02. The Hall–Kier alpha value is -3.70. The van der Waals surface area contributed by atoms with Crippen LogP contribution in [0.4, 0.5) is 5.95 Å². The summed E-state index contributed by atoms with van der Waals surface area (Å²) in [6.45, 7) is 2.54. The van der Waals surface area contributed by atoms with Crippen molar-refractivity contribution < 1.29 is 9.90 Å². The molecule has 0 unspecified atom stereocenters. The van der Waals surface area contributed by atoms with Crippen molar-refractivity contribution in [1.82, 2.24) is 19.5 Å². The molecule has 33 heavy (non-hydrogen) atoms. The van der Waals surface area contributed by atoms with Crippen LogP contribution < -0.4 is 5.73 Å². The number of imidazole rings is 1. The van der Waals surface area contributed by atoms with Crippen LogP contribution in [0.1, 0.15) is 40.9 Å². The third kappa shape index (κ3) is 5.21. The normalized spacial score (nSPS) is 10.7. The number of nitrogen functional groups attached to an aromatic ring is 1. The molecule has 0 atom stereocenters. The molecular formula is C25H22BrN5O2. The van der Waals surface area contributed by atoms with Gasteiger partial charge >= 0.3 is 5.97 Å². The van der Waals surface area contributed by atoms with Crippen LogP contribution in [-0.2, 0) is 6.54 Å². The van der Waals surface area contributed by atoms with Crippen molar-refractivity contribution in [2.75, 3.05) is 5.73 Å². The van der Waals surface area contributed by atoms with E-state index in [9.17, 15) is 9.90 Å². The number of carbonyl (C=O) groups is 1. The van der Waals surface area contributed by atoms with Crippen LogP contribution >= 0.6 is 15.9 Å². The molecule has 0 spiro atoms. The van der Waals surface area contributed by atoms with Crippen molar-refractivity contribution >= 4 is 38.9 Å². The second-order valence-electron chi connectivity index (χ2n) is 7.62. The van der Waals surface area contributed by atoms with E-state index in [1.807, 2.05) is 28.8 Å². The van der Waals surface area contributed by atoms with Crippen molar-refractivity contribution in [3.8, 4) is 23.1 Å². The van der Waals surface area contributed by atoms with Crippen LogP contribution in [0, 0.1) is 18.8 Å². The van der Waals surface area contributed by atoms with E-state index in [1.54, 1.807) is 31.5 Å². The molecule has 1 aromatic carbocycles. The van der Waals surface area contributed by atoms with Gasteiger partial charge in [-0.15, -0.1) is 0 Å². The molecule has 4 rings (SSSR count). The summed E-state index contributed by atoms with van der Waals surface area (Å²) in [5.41, 5.74) is 10.9. The van der Waals surface area contributed by atoms with Crippen molar-refractivity contribution in [2.45, 2.75) is 32.7 Å². The van der Waals surface area contributed by atoms with Crippen LogP contribution in [0.3, 0.4) is 0 Å². The summed E-state index contributed by atoms with van der Waals surface area (Å²) in [7, 11) is 0. The zero-order valence-corrected chi connectivity index (χ0v) is 19.6. The molecule has 7 nitrogen and oxygen atoms in total.